The van der Waals surface area contributed by atoms with Crippen molar-refractivity contribution in [2.24, 2.45) is 5.73 Å². The Kier molecular flexibility index (Phi) is 7.72. The van der Waals surface area contributed by atoms with E-state index in [0.29, 0.717) is 17.5 Å². The molecule has 1 aliphatic rings. The Morgan fingerprint density at radius 2 is 1.84 bits per heavy atom. The first-order valence-electron chi connectivity index (χ1n) is 11.4. The lowest BCUT2D eigenvalue weighted by atomic mass is 9.96. The van der Waals surface area contributed by atoms with Crippen LogP contribution in [-0.4, -0.2) is 47.4 Å². The molecule has 2 aromatic rings. The second kappa shape index (κ2) is 10.5. The number of hydrogen-bond donors (Lipinski definition) is 1. The number of unbranched alkanes of at least 4 members (excludes halogenated alkanes) is 1. The van der Waals surface area contributed by atoms with Gasteiger partial charge in [-0.25, -0.2) is 4.79 Å². The lowest BCUT2D eigenvalue weighted by Crippen LogP contribution is -2.26. The van der Waals surface area contributed by atoms with E-state index in [2.05, 4.69) is 11.5 Å². The number of amides is 2. The number of ether oxygens (including phenoxy) is 1. The van der Waals surface area contributed by atoms with Gasteiger partial charge in [-0.2, -0.15) is 0 Å². The lowest BCUT2D eigenvalue weighted by molar-refractivity contribution is -0.127. The van der Waals surface area contributed by atoms with Crippen LogP contribution in [0.25, 0.3) is 11.1 Å². The quantitative estimate of drug-likeness (QED) is 0.571. The molecule has 0 spiro atoms. The van der Waals surface area contributed by atoms with E-state index in [1.54, 1.807) is 12.1 Å². The maximum atomic E-state index is 12.5. The number of methoxy groups -OCH3 is 1. The number of likely N-dealkylation sites (tertiary alicyclic amines) is 1. The molecule has 1 fully saturated rings. The van der Waals surface area contributed by atoms with Crippen molar-refractivity contribution in [1.82, 2.24) is 9.47 Å². The number of nitrogens with zero attached hydrogens (tertiary/aromatic N) is 2. The number of carbonyl (C=O) groups is 3. The highest BCUT2D eigenvalue weighted by atomic mass is 16.5. The standard InChI is InChI=1S/C25H33N3O4/c1-4-5-8-20-23(18-10-12-19(13-11-18)25(31)32-3)22(24(26)30)17(2)28(20)16-7-15-27-14-6-9-21(27)29/h10-13H,4-9,14-16H2,1-3H3,(H2,26,30). The fourth-order valence-electron chi connectivity index (χ4n) is 4.57. The van der Waals surface area contributed by atoms with Gasteiger partial charge in [0.1, 0.15) is 0 Å². The van der Waals surface area contributed by atoms with Crippen molar-refractivity contribution in [1.29, 1.82) is 0 Å². The third kappa shape index (κ3) is 4.87. The summed E-state index contributed by atoms with van der Waals surface area (Å²) in [5.74, 6) is -0.631. The minimum Gasteiger partial charge on any atom is -0.465 e. The number of carbonyl (C=O) groups excluding carboxylic acids is 3. The fourth-order valence-corrected chi connectivity index (χ4v) is 4.57. The van der Waals surface area contributed by atoms with Crippen LogP contribution in [0.1, 0.15) is 71.1 Å². The van der Waals surface area contributed by atoms with Gasteiger partial charge in [-0.1, -0.05) is 25.5 Å². The molecule has 0 radical (unpaired) electrons. The van der Waals surface area contributed by atoms with Gasteiger partial charge >= 0.3 is 5.97 Å². The van der Waals surface area contributed by atoms with Gasteiger partial charge in [0.25, 0.3) is 5.91 Å². The summed E-state index contributed by atoms with van der Waals surface area (Å²) in [6, 6.07) is 7.11. The van der Waals surface area contributed by atoms with Gasteiger partial charge < -0.3 is 19.9 Å². The zero-order valence-electron chi connectivity index (χ0n) is 19.3. The molecule has 3 rings (SSSR count). The summed E-state index contributed by atoms with van der Waals surface area (Å²) >= 11 is 0. The van der Waals surface area contributed by atoms with E-state index in [1.807, 2.05) is 24.0 Å². The first kappa shape index (κ1) is 23.6. The van der Waals surface area contributed by atoms with Crippen molar-refractivity contribution >= 4 is 17.8 Å². The van der Waals surface area contributed by atoms with E-state index < -0.39 is 11.9 Å². The maximum absolute atomic E-state index is 12.5. The van der Waals surface area contributed by atoms with Gasteiger partial charge in [0.2, 0.25) is 5.91 Å². The second-order valence-corrected chi connectivity index (χ2v) is 8.31. The van der Waals surface area contributed by atoms with Crippen LogP contribution >= 0.6 is 0 Å². The van der Waals surface area contributed by atoms with E-state index in [1.165, 1.54) is 7.11 Å². The van der Waals surface area contributed by atoms with Crippen LogP contribution in [-0.2, 0) is 22.5 Å². The zero-order chi connectivity index (χ0) is 23.3. The third-order valence-electron chi connectivity index (χ3n) is 6.22. The van der Waals surface area contributed by atoms with E-state index >= 15 is 0 Å². The summed E-state index contributed by atoms with van der Waals surface area (Å²) in [5, 5.41) is 0. The van der Waals surface area contributed by atoms with E-state index in [0.717, 1.165) is 74.3 Å². The number of nitrogens with two attached hydrogens (primary N) is 1. The van der Waals surface area contributed by atoms with Gasteiger partial charge in [-0.3, -0.25) is 9.59 Å². The van der Waals surface area contributed by atoms with Crippen LogP contribution in [0.15, 0.2) is 24.3 Å². The van der Waals surface area contributed by atoms with Crippen LogP contribution in [0, 0.1) is 6.92 Å². The SMILES string of the molecule is CCCCc1c(-c2ccc(C(=O)OC)cc2)c(C(N)=O)c(C)n1CCCN1CCCC1=O. The zero-order valence-corrected chi connectivity index (χ0v) is 19.3. The highest BCUT2D eigenvalue weighted by Gasteiger charge is 2.25. The van der Waals surface area contributed by atoms with E-state index in [-0.39, 0.29) is 5.91 Å². The van der Waals surface area contributed by atoms with E-state index in [4.69, 9.17) is 10.5 Å². The van der Waals surface area contributed by atoms with E-state index in [9.17, 15) is 14.4 Å². The summed E-state index contributed by atoms with van der Waals surface area (Å²) in [5.41, 5.74) is 10.4. The molecule has 0 unspecified atom stereocenters. The first-order chi connectivity index (χ1) is 15.4. The van der Waals surface area contributed by atoms with Crippen LogP contribution in [0.2, 0.25) is 0 Å². The largest absolute Gasteiger partial charge is 0.465 e. The summed E-state index contributed by atoms with van der Waals surface area (Å²) in [4.78, 5) is 38.2. The topological polar surface area (TPSA) is 94.6 Å². The summed E-state index contributed by atoms with van der Waals surface area (Å²) in [7, 11) is 1.35. The van der Waals surface area contributed by atoms with Crippen molar-refractivity contribution in [2.75, 3.05) is 20.2 Å². The average molecular weight is 440 g/mol. The molecular formula is C25H33N3O4. The first-order valence-corrected chi connectivity index (χ1v) is 11.4. The van der Waals surface area contributed by atoms with Crippen LogP contribution in [0.3, 0.4) is 0 Å². The monoisotopic (exact) mass is 439 g/mol. The average Bonchev–Trinajstić information content (AvgIpc) is 3.32. The molecule has 1 aromatic heterocycles. The Hall–Kier alpha value is -3.09. The molecular weight excluding hydrogens is 406 g/mol. The Balaban J connectivity index is 1.98. The Morgan fingerprint density at radius 1 is 1.12 bits per heavy atom. The number of aromatic nitrogens is 1. The molecule has 32 heavy (non-hydrogen) atoms. The molecule has 1 saturated heterocycles. The minimum atomic E-state index is -0.458. The predicted octanol–water partition coefficient (Wildman–Crippen LogP) is 3.70. The third-order valence-corrected chi connectivity index (χ3v) is 6.22. The number of hydrogen-bond acceptors (Lipinski definition) is 4. The minimum absolute atomic E-state index is 0.227. The Morgan fingerprint density at radius 3 is 2.41 bits per heavy atom. The molecule has 1 aromatic carbocycles. The summed E-state index contributed by atoms with van der Waals surface area (Å²) in [6.45, 7) is 6.34. The molecule has 2 heterocycles. The summed E-state index contributed by atoms with van der Waals surface area (Å²) in [6.07, 6.45) is 5.22. The molecule has 0 aliphatic carbocycles. The normalized spacial score (nSPS) is 13.6. The molecule has 0 bridgehead atoms. The summed E-state index contributed by atoms with van der Waals surface area (Å²) < 4.78 is 6.99. The maximum Gasteiger partial charge on any atom is 0.337 e. The highest BCUT2D eigenvalue weighted by molar-refractivity contribution is 6.02. The van der Waals surface area contributed by atoms with Crippen molar-refractivity contribution in [3.05, 3.63) is 46.8 Å². The van der Waals surface area contributed by atoms with Gasteiger partial charge in [0, 0.05) is 43.0 Å². The van der Waals surface area contributed by atoms with Gasteiger partial charge in [0.15, 0.2) is 0 Å². The van der Waals surface area contributed by atoms with Crippen molar-refractivity contribution in [3.63, 3.8) is 0 Å². The molecule has 2 amide bonds. The second-order valence-electron chi connectivity index (χ2n) is 8.31. The number of rotatable bonds is 10. The Labute approximate surface area is 189 Å². The van der Waals surface area contributed by atoms with Gasteiger partial charge in [0.05, 0.1) is 18.2 Å². The van der Waals surface area contributed by atoms with Crippen molar-refractivity contribution in [2.45, 2.75) is 58.9 Å². The van der Waals surface area contributed by atoms with Crippen molar-refractivity contribution < 1.29 is 19.1 Å². The lowest BCUT2D eigenvalue weighted by Gasteiger charge is -2.18. The molecule has 0 atom stereocenters. The Bertz CT molecular complexity index is 992. The molecule has 7 heteroatoms. The van der Waals surface area contributed by atoms with Crippen LogP contribution < -0.4 is 5.73 Å². The molecule has 0 saturated carbocycles. The number of esters is 1. The van der Waals surface area contributed by atoms with Gasteiger partial charge in [-0.15, -0.1) is 0 Å². The smallest absolute Gasteiger partial charge is 0.337 e. The van der Waals surface area contributed by atoms with Crippen molar-refractivity contribution in [3.8, 4) is 11.1 Å². The fraction of sp³-hybridized carbons (Fsp3) is 0.480. The molecule has 1 aliphatic heterocycles. The molecule has 2 N–H and O–H groups in total. The number of primary amides is 1. The molecule has 7 nitrogen and oxygen atoms in total. The number of benzene rings is 1. The molecule has 172 valence electrons. The highest BCUT2D eigenvalue weighted by Crippen LogP contribution is 2.34. The van der Waals surface area contributed by atoms with Gasteiger partial charge in [-0.05, 0) is 50.3 Å². The predicted molar refractivity (Wildman–Crippen MR) is 124 cm³/mol. The van der Waals surface area contributed by atoms with Crippen LogP contribution in [0.5, 0.6) is 0 Å². The van der Waals surface area contributed by atoms with Crippen LogP contribution in [0.4, 0.5) is 0 Å².